The summed E-state index contributed by atoms with van der Waals surface area (Å²) in [5, 5.41) is 0. The number of thioether (sulfide) groups is 1. The molecule has 4 rings (SSSR count). The topological polar surface area (TPSA) is 77.5 Å². The maximum absolute atomic E-state index is 13.7. The molecule has 2 aromatic rings. The van der Waals surface area contributed by atoms with Gasteiger partial charge in [-0.1, -0.05) is 24.3 Å². The molecule has 3 atom stereocenters. The van der Waals surface area contributed by atoms with Crippen molar-refractivity contribution in [2.45, 2.75) is 31.0 Å². The lowest BCUT2D eigenvalue weighted by atomic mass is 9.85. The highest BCUT2D eigenvalue weighted by atomic mass is 32.2. The molecule has 1 saturated heterocycles. The second kappa shape index (κ2) is 9.73. The Hall–Kier alpha value is -3.33. The Balaban J connectivity index is 1.88. The summed E-state index contributed by atoms with van der Waals surface area (Å²) in [4.78, 5) is 29.7. The largest absolute Gasteiger partial charge is 0.493 e. The van der Waals surface area contributed by atoms with E-state index in [1.165, 1.54) is 11.8 Å². The predicted molar refractivity (Wildman–Crippen MR) is 133 cm³/mol. The van der Waals surface area contributed by atoms with Gasteiger partial charge in [0.15, 0.2) is 11.5 Å². The van der Waals surface area contributed by atoms with Gasteiger partial charge in [0.25, 0.3) is 5.91 Å². The third-order valence-electron chi connectivity index (χ3n) is 6.57. The number of esters is 1. The highest BCUT2D eigenvalue weighted by molar-refractivity contribution is 8.00. The minimum atomic E-state index is -0.870. The molecule has 2 aliphatic heterocycles. The quantitative estimate of drug-likeness (QED) is 0.402. The lowest BCUT2D eigenvalue weighted by Gasteiger charge is -2.64. The smallest absolute Gasteiger partial charge is 0.338 e. The van der Waals surface area contributed by atoms with Gasteiger partial charge in [0.05, 0.1) is 32.4 Å². The van der Waals surface area contributed by atoms with Gasteiger partial charge >= 0.3 is 5.97 Å². The molecule has 1 unspecified atom stereocenters. The fraction of sp³-hybridized carbons (Fsp3) is 0.385. The highest BCUT2D eigenvalue weighted by Crippen LogP contribution is 2.56. The van der Waals surface area contributed by atoms with Crippen LogP contribution in [0.25, 0.3) is 0 Å². The van der Waals surface area contributed by atoms with Crippen molar-refractivity contribution in [3.63, 3.8) is 0 Å². The minimum absolute atomic E-state index is 0.218. The molecular formula is C26H30N2O6S. The van der Waals surface area contributed by atoms with E-state index in [1.54, 1.807) is 38.2 Å². The molecule has 0 radical (unpaired) electrons. The first-order valence-electron chi connectivity index (χ1n) is 11.3. The van der Waals surface area contributed by atoms with E-state index >= 15 is 0 Å². The zero-order valence-corrected chi connectivity index (χ0v) is 21.5. The van der Waals surface area contributed by atoms with Gasteiger partial charge in [-0.2, -0.15) is 0 Å². The van der Waals surface area contributed by atoms with Crippen LogP contribution in [0.5, 0.6) is 17.2 Å². The summed E-state index contributed by atoms with van der Waals surface area (Å²) in [6.45, 7) is 3.85. The molecule has 35 heavy (non-hydrogen) atoms. The molecule has 2 heterocycles. The van der Waals surface area contributed by atoms with E-state index in [2.05, 4.69) is 0 Å². The number of carbonyl (C=O) groups excluding carboxylic acids is 2. The van der Waals surface area contributed by atoms with Crippen molar-refractivity contribution in [3.8, 4) is 17.2 Å². The Kier molecular flexibility index (Phi) is 6.89. The molecule has 9 heteroatoms. The number of β-lactam (4-membered cyclic amide) rings is 1. The average Bonchev–Trinajstić information content (AvgIpc) is 2.88. The number of allylic oxidation sites excluding steroid dienone is 1. The third kappa shape index (κ3) is 3.78. The predicted octanol–water partition coefficient (Wildman–Crippen LogP) is 3.83. The number of ether oxygens (including phenoxy) is 4. The van der Waals surface area contributed by atoms with Crippen LogP contribution < -0.4 is 14.2 Å². The van der Waals surface area contributed by atoms with Gasteiger partial charge in [0, 0.05) is 12.7 Å². The van der Waals surface area contributed by atoms with Gasteiger partial charge in [0.1, 0.15) is 5.75 Å². The van der Waals surface area contributed by atoms with Crippen LogP contribution in [0.2, 0.25) is 0 Å². The Labute approximate surface area is 209 Å². The second-order valence-electron chi connectivity index (χ2n) is 8.18. The highest BCUT2D eigenvalue weighted by Gasteiger charge is 2.70. The van der Waals surface area contributed by atoms with Crippen LogP contribution in [0.3, 0.4) is 0 Å². The summed E-state index contributed by atoms with van der Waals surface area (Å²) >= 11 is 1.49. The summed E-state index contributed by atoms with van der Waals surface area (Å²) in [7, 11) is 4.98. The number of nitrogens with zero attached hydrogens (tertiary/aromatic N) is 2. The van der Waals surface area contributed by atoms with Crippen LogP contribution in [0.4, 0.5) is 0 Å². The lowest BCUT2D eigenvalue weighted by Crippen LogP contribution is -2.82. The first-order valence-corrected chi connectivity index (χ1v) is 12.5. The molecule has 8 nitrogen and oxygen atoms in total. The fourth-order valence-corrected chi connectivity index (χ4v) is 5.98. The summed E-state index contributed by atoms with van der Waals surface area (Å²) in [6.07, 6.45) is 1.16. The molecule has 0 N–H and O–H groups in total. The van der Waals surface area contributed by atoms with Crippen molar-refractivity contribution in [1.29, 1.82) is 0 Å². The van der Waals surface area contributed by atoms with Gasteiger partial charge in [-0.05, 0) is 49.9 Å². The van der Waals surface area contributed by atoms with E-state index in [0.717, 1.165) is 0 Å². The van der Waals surface area contributed by atoms with Crippen LogP contribution in [0, 0.1) is 0 Å². The van der Waals surface area contributed by atoms with Gasteiger partial charge in [0.2, 0.25) is 11.1 Å². The number of likely N-dealkylation sites (N-methyl/N-ethyl adjacent to an activating group) is 1. The molecule has 2 aliphatic rings. The van der Waals surface area contributed by atoms with Gasteiger partial charge in [-0.25, -0.2) is 4.79 Å². The van der Waals surface area contributed by atoms with E-state index in [0.29, 0.717) is 34.1 Å². The maximum atomic E-state index is 13.7. The maximum Gasteiger partial charge on any atom is 0.338 e. The molecule has 0 spiro atoms. The van der Waals surface area contributed by atoms with Crippen LogP contribution in [-0.2, 0) is 14.3 Å². The SMILES string of the molecule is CCOC(=O)C1=C(C)N(C)[C@]2(SC)[C@H](Oc3ccccc3)C(=O)N2C1c1ccc(OC)c(OC)c1. The summed E-state index contributed by atoms with van der Waals surface area (Å²) in [6, 6.07) is 14.0. The molecule has 2 aromatic carbocycles. The Morgan fingerprint density at radius 1 is 1.09 bits per heavy atom. The molecular weight excluding hydrogens is 468 g/mol. The Bertz CT molecular complexity index is 1150. The van der Waals surface area contributed by atoms with Crippen LogP contribution in [-0.4, -0.2) is 66.9 Å². The first kappa shape index (κ1) is 24.8. The number of rotatable bonds is 8. The zero-order chi connectivity index (χ0) is 25.3. The molecule has 1 amide bonds. The molecule has 0 saturated carbocycles. The lowest BCUT2D eigenvalue weighted by molar-refractivity contribution is -0.193. The van der Waals surface area contributed by atoms with E-state index < -0.39 is 23.1 Å². The van der Waals surface area contributed by atoms with Crippen molar-refractivity contribution in [1.82, 2.24) is 9.80 Å². The van der Waals surface area contributed by atoms with E-state index in [1.807, 2.05) is 61.5 Å². The van der Waals surface area contributed by atoms with Gasteiger partial charge in [-0.3, -0.25) is 9.69 Å². The number of para-hydroxylation sites is 1. The van der Waals surface area contributed by atoms with E-state index in [-0.39, 0.29) is 12.5 Å². The monoisotopic (exact) mass is 498 g/mol. The number of methoxy groups -OCH3 is 2. The number of carbonyl (C=O) groups is 2. The molecule has 0 bridgehead atoms. The zero-order valence-electron chi connectivity index (χ0n) is 20.7. The van der Waals surface area contributed by atoms with Crippen molar-refractivity contribution < 1.29 is 28.5 Å². The standard InChI is InChI=1S/C26H30N2O6S/c1-7-33-25(30)21-16(2)27(3)26(35-6)23(34-18-11-9-8-10-12-18)24(29)28(26)22(21)17-13-14-19(31-4)20(15-17)32-5/h8-15,22-23H,7H2,1-6H3/t22?,23-,26-/m1/s1. The van der Waals surface area contributed by atoms with Crippen molar-refractivity contribution in [3.05, 3.63) is 65.4 Å². The van der Waals surface area contributed by atoms with Crippen molar-refractivity contribution in [2.24, 2.45) is 0 Å². The van der Waals surface area contributed by atoms with Gasteiger partial charge < -0.3 is 23.8 Å². The number of hydrogen-bond donors (Lipinski definition) is 0. The third-order valence-corrected chi connectivity index (χ3v) is 7.86. The van der Waals surface area contributed by atoms with Crippen LogP contribution in [0.1, 0.15) is 25.5 Å². The summed E-state index contributed by atoms with van der Waals surface area (Å²) in [5.41, 5.74) is 1.82. The number of fused-ring (bicyclic) bond motifs is 1. The fourth-order valence-electron chi connectivity index (χ4n) is 4.81. The summed E-state index contributed by atoms with van der Waals surface area (Å²) < 4.78 is 22.6. The second-order valence-corrected chi connectivity index (χ2v) is 9.19. The van der Waals surface area contributed by atoms with Gasteiger partial charge in [-0.15, -0.1) is 11.8 Å². The number of benzene rings is 2. The molecule has 1 fully saturated rings. The van der Waals surface area contributed by atoms with Crippen LogP contribution in [0.15, 0.2) is 59.8 Å². The van der Waals surface area contributed by atoms with Crippen molar-refractivity contribution in [2.75, 3.05) is 34.1 Å². The molecule has 186 valence electrons. The summed E-state index contributed by atoms with van der Waals surface area (Å²) in [5.74, 6) is 0.979. The normalized spacial score (nSPS) is 23.4. The molecule has 0 aliphatic carbocycles. The number of amides is 1. The molecule has 0 aromatic heterocycles. The Morgan fingerprint density at radius 3 is 2.37 bits per heavy atom. The number of hydrogen-bond acceptors (Lipinski definition) is 8. The van der Waals surface area contributed by atoms with E-state index in [9.17, 15) is 9.59 Å². The van der Waals surface area contributed by atoms with Crippen molar-refractivity contribution >= 4 is 23.6 Å². The van der Waals surface area contributed by atoms with E-state index in [4.69, 9.17) is 18.9 Å². The van der Waals surface area contributed by atoms with Crippen LogP contribution >= 0.6 is 11.8 Å². The first-order chi connectivity index (χ1) is 16.8. The average molecular weight is 499 g/mol. The minimum Gasteiger partial charge on any atom is -0.493 e. The Morgan fingerprint density at radius 2 is 1.77 bits per heavy atom.